The van der Waals surface area contributed by atoms with Crippen molar-refractivity contribution in [2.75, 3.05) is 36.6 Å². The van der Waals surface area contributed by atoms with Gasteiger partial charge in [-0.1, -0.05) is 41.4 Å². The molecule has 0 aliphatic carbocycles. The van der Waals surface area contributed by atoms with Crippen molar-refractivity contribution >= 4 is 40.7 Å². The number of halogens is 1. The Hall–Kier alpha value is -3.49. The van der Waals surface area contributed by atoms with Crippen LogP contribution in [0.15, 0.2) is 60.0 Å². The van der Waals surface area contributed by atoms with E-state index in [1.54, 1.807) is 12.5 Å². The van der Waals surface area contributed by atoms with Crippen molar-refractivity contribution in [3.8, 4) is 5.69 Å². The van der Waals surface area contributed by atoms with Crippen LogP contribution in [-0.2, 0) is 4.74 Å². The van der Waals surface area contributed by atoms with Gasteiger partial charge >= 0.3 is 0 Å². The van der Waals surface area contributed by atoms with E-state index in [9.17, 15) is 0 Å². The van der Waals surface area contributed by atoms with Gasteiger partial charge in [0.1, 0.15) is 6.33 Å². The Balaban J connectivity index is 1.55. The minimum atomic E-state index is 0.549. The molecule has 2 aromatic heterocycles. The second-order valence-corrected chi connectivity index (χ2v) is 7.96. The number of aryl methyl sites for hydroxylation is 1. The first-order chi connectivity index (χ1) is 15.7. The number of hydrogen-bond donors (Lipinski definition) is 1. The molecule has 1 saturated heterocycles. The number of nitrogens with one attached hydrogen (secondary N) is 1. The second kappa shape index (κ2) is 8.94. The smallest absolute Gasteiger partial charge is 0.229 e. The first kappa shape index (κ1) is 20.4. The molecule has 32 heavy (non-hydrogen) atoms. The van der Waals surface area contributed by atoms with E-state index in [1.165, 1.54) is 5.56 Å². The molecule has 2 aromatic carbocycles. The van der Waals surface area contributed by atoms with Crippen LogP contribution < -0.4 is 10.3 Å². The first-order valence-corrected chi connectivity index (χ1v) is 10.7. The molecule has 0 unspecified atom stereocenters. The number of rotatable bonds is 5. The van der Waals surface area contributed by atoms with Crippen LogP contribution >= 0.6 is 11.6 Å². The van der Waals surface area contributed by atoms with E-state index in [-0.39, 0.29) is 0 Å². The zero-order valence-corrected chi connectivity index (χ0v) is 18.3. The van der Waals surface area contributed by atoms with Crippen LogP contribution in [0, 0.1) is 6.92 Å². The van der Waals surface area contributed by atoms with Gasteiger partial charge in [-0.05, 0) is 36.8 Å². The highest BCUT2D eigenvalue weighted by Gasteiger charge is 2.19. The Morgan fingerprint density at radius 2 is 1.91 bits per heavy atom. The molecule has 1 N–H and O–H groups in total. The molecule has 162 valence electrons. The summed E-state index contributed by atoms with van der Waals surface area (Å²) in [6.07, 6.45) is 3.51. The fourth-order valence-electron chi connectivity index (χ4n) is 3.58. The minimum absolute atomic E-state index is 0.549. The molecule has 1 aliphatic rings. The van der Waals surface area contributed by atoms with Gasteiger partial charge in [0, 0.05) is 23.8 Å². The summed E-state index contributed by atoms with van der Waals surface area (Å²) in [5.74, 6) is 1.16. The summed E-state index contributed by atoms with van der Waals surface area (Å²) in [7, 11) is 0. The van der Waals surface area contributed by atoms with Gasteiger partial charge in [-0.2, -0.15) is 15.1 Å². The van der Waals surface area contributed by atoms with Crippen molar-refractivity contribution in [2.24, 2.45) is 5.10 Å². The largest absolute Gasteiger partial charge is 0.378 e. The number of morpholine rings is 1. The van der Waals surface area contributed by atoms with Crippen LogP contribution in [0.25, 0.3) is 16.9 Å². The zero-order chi connectivity index (χ0) is 21.9. The lowest BCUT2D eigenvalue weighted by molar-refractivity contribution is 0.122. The van der Waals surface area contributed by atoms with Crippen molar-refractivity contribution in [3.63, 3.8) is 0 Å². The molecular weight excluding hydrogens is 426 g/mol. The fraction of sp³-hybridized carbons (Fsp3) is 0.217. The maximum absolute atomic E-state index is 6.07. The van der Waals surface area contributed by atoms with Crippen molar-refractivity contribution in [2.45, 2.75) is 6.92 Å². The Labute approximate surface area is 190 Å². The molecule has 3 heterocycles. The molecule has 0 radical (unpaired) electrons. The van der Waals surface area contributed by atoms with Crippen LogP contribution in [0.2, 0.25) is 5.02 Å². The third kappa shape index (κ3) is 4.28. The van der Waals surface area contributed by atoms with Gasteiger partial charge in [0.15, 0.2) is 17.0 Å². The number of hydrogen-bond acceptors (Lipinski definition) is 7. The molecule has 0 spiro atoms. The average molecular weight is 448 g/mol. The number of hydrazone groups is 1. The summed E-state index contributed by atoms with van der Waals surface area (Å²) in [4.78, 5) is 16.2. The predicted molar refractivity (Wildman–Crippen MR) is 127 cm³/mol. The van der Waals surface area contributed by atoms with E-state index in [4.69, 9.17) is 26.3 Å². The summed E-state index contributed by atoms with van der Waals surface area (Å²) < 4.78 is 7.41. The topological polar surface area (TPSA) is 80.5 Å². The number of aromatic nitrogens is 4. The molecule has 8 nitrogen and oxygen atoms in total. The van der Waals surface area contributed by atoms with Crippen LogP contribution in [0.1, 0.15) is 11.1 Å². The van der Waals surface area contributed by atoms with Crippen molar-refractivity contribution in [3.05, 3.63) is 71.0 Å². The molecule has 5 rings (SSSR count). The third-order valence-electron chi connectivity index (χ3n) is 5.21. The minimum Gasteiger partial charge on any atom is -0.378 e. The van der Waals surface area contributed by atoms with Crippen LogP contribution in [0.4, 0.5) is 11.8 Å². The van der Waals surface area contributed by atoms with E-state index in [1.807, 2.05) is 41.0 Å². The lowest BCUT2D eigenvalue weighted by atomic mass is 10.2. The molecule has 1 aliphatic heterocycles. The Morgan fingerprint density at radius 1 is 1.09 bits per heavy atom. The molecule has 0 amide bonds. The van der Waals surface area contributed by atoms with E-state index in [0.29, 0.717) is 41.2 Å². The third-order valence-corrected chi connectivity index (χ3v) is 5.46. The normalized spacial score (nSPS) is 14.4. The molecule has 0 bridgehead atoms. The van der Waals surface area contributed by atoms with E-state index >= 15 is 0 Å². The Kier molecular flexibility index (Phi) is 5.70. The highest BCUT2D eigenvalue weighted by atomic mass is 35.5. The standard InChI is InChI=1S/C23H22ClN7O/c1-16-3-2-4-17(13-16)14-26-29-21-20-22(28-23(27-21)30-9-11-32-12-10-30)31(15-25-20)19-7-5-18(24)6-8-19/h2-8,13-15H,9-12H2,1H3,(H,27,28,29). The van der Waals surface area contributed by atoms with E-state index in [0.717, 1.165) is 24.3 Å². The van der Waals surface area contributed by atoms with Gasteiger partial charge in [0.25, 0.3) is 0 Å². The van der Waals surface area contributed by atoms with Gasteiger partial charge in [0.05, 0.1) is 19.4 Å². The maximum atomic E-state index is 6.07. The highest BCUT2D eigenvalue weighted by Crippen LogP contribution is 2.26. The van der Waals surface area contributed by atoms with Crippen molar-refractivity contribution in [1.82, 2.24) is 19.5 Å². The molecule has 9 heteroatoms. The van der Waals surface area contributed by atoms with Crippen LogP contribution in [0.3, 0.4) is 0 Å². The lowest BCUT2D eigenvalue weighted by Gasteiger charge is -2.27. The fourth-order valence-corrected chi connectivity index (χ4v) is 3.71. The predicted octanol–water partition coefficient (Wildman–Crippen LogP) is 4.06. The maximum Gasteiger partial charge on any atom is 0.229 e. The Morgan fingerprint density at radius 3 is 2.69 bits per heavy atom. The molecule has 0 saturated carbocycles. The van der Waals surface area contributed by atoms with Gasteiger partial charge < -0.3 is 9.64 Å². The number of anilines is 2. The van der Waals surface area contributed by atoms with E-state index < -0.39 is 0 Å². The summed E-state index contributed by atoms with van der Waals surface area (Å²) >= 11 is 6.07. The van der Waals surface area contributed by atoms with Gasteiger partial charge in [-0.25, -0.2) is 4.98 Å². The quantitative estimate of drug-likeness (QED) is 0.367. The van der Waals surface area contributed by atoms with Gasteiger partial charge in [0.2, 0.25) is 5.95 Å². The summed E-state index contributed by atoms with van der Waals surface area (Å²) in [6.45, 7) is 4.80. The van der Waals surface area contributed by atoms with E-state index in [2.05, 4.69) is 39.5 Å². The van der Waals surface area contributed by atoms with Crippen LogP contribution in [-0.4, -0.2) is 52.0 Å². The summed E-state index contributed by atoms with van der Waals surface area (Å²) in [5.41, 5.74) is 7.49. The lowest BCUT2D eigenvalue weighted by Crippen LogP contribution is -2.37. The van der Waals surface area contributed by atoms with Gasteiger partial charge in [-0.3, -0.25) is 9.99 Å². The number of imidazole rings is 1. The summed E-state index contributed by atoms with van der Waals surface area (Å²) in [5, 5.41) is 5.08. The number of ether oxygens (including phenoxy) is 1. The summed E-state index contributed by atoms with van der Waals surface area (Å²) in [6, 6.07) is 15.7. The van der Waals surface area contributed by atoms with Crippen LogP contribution in [0.5, 0.6) is 0 Å². The molecular formula is C23H22ClN7O. The average Bonchev–Trinajstić information content (AvgIpc) is 3.24. The first-order valence-electron chi connectivity index (χ1n) is 10.4. The molecule has 4 aromatic rings. The SMILES string of the molecule is Cc1cccc(C=NNc2nc(N3CCOCC3)nc3c2ncn3-c2ccc(Cl)cc2)c1. The molecule has 0 atom stereocenters. The van der Waals surface area contributed by atoms with Gasteiger partial charge in [-0.15, -0.1) is 0 Å². The zero-order valence-electron chi connectivity index (χ0n) is 17.6. The highest BCUT2D eigenvalue weighted by molar-refractivity contribution is 6.30. The monoisotopic (exact) mass is 447 g/mol. The molecule has 1 fully saturated rings. The second-order valence-electron chi connectivity index (χ2n) is 7.52. The van der Waals surface area contributed by atoms with Crippen molar-refractivity contribution in [1.29, 1.82) is 0 Å². The number of benzene rings is 2. The van der Waals surface area contributed by atoms with Crippen molar-refractivity contribution < 1.29 is 4.74 Å². The number of fused-ring (bicyclic) bond motifs is 1. The Bertz CT molecular complexity index is 1260. The number of nitrogens with zero attached hydrogens (tertiary/aromatic N) is 6.